The highest BCUT2D eigenvalue weighted by Gasteiger charge is 2.35. The third-order valence-electron chi connectivity index (χ3n) is 5.90. The number of aryl methyl sites for hydroxylation is 1. The van der Waals surface area contributed by atoms with E-state index in [0.717, 1.165) is 16.9 Å². The second-order valence-electron chi connectivity index (χ2n) is 8.05. The molecule has 0 bridgehead atoms. The van der Waals surface area contributed by atoms with Crippen LogP contribution in [-0.2, 0) is 0 Å². The predicted molar refractivity (Wildman–Crippen MR) is 125 cm³/mol. The molecule has 0 amide bonds. The number of hydrogen-bond acceptors (Lipinski definition) is 8. The molecule has 10 heteroatoms. The molecular weight excluding hydrogens is 437 g/mol. The molecule has 0 aliphatic heterocycles. The number of ether oxygens (including phenoxy) is 1. The van der Waals surface area contributed by atoms with Crippen LogP contribution in [0.2, 0.25) is 0 Å². The minimum Gasteiger partial charge on any atom is -0.494 e. The van der Waals surface area contributed by atoms with Crippen LogP contribution < -0.4 is 15.4 Å². The van der Waals surface area contributed by atoms with Crippen molar-refractivity contribution >= 4 is 17.5 Å². The maximum absolute atomic E-state index is 13.5. The number of benzene rings is 2. The van der Waals surface area contributed by atoms with E-state index in [9.17, 15) is 9.50 Å². The molecule has 9 nitrogen and oxygen atoms in total. The lowest BCUT2D eigenvalue weighted by Crippen LogP contribution is -2.09. The molecule has 2 atom stereocenters. The molecule has 3 N–H and O–H groups in total. The molecule has 2 heterocycles. The van der Waals surface area contributed by atoms with E-state index in [4.69, 9.17) is 9.72 Å². The average Bonchev–Trinajstić information content (AvgIpc) is 3.42. The van der Waals surface area contributed by atoms with E-state index in [1.807, 2.05) is 25.1 Å². The normalized spacial score (nSPS) is 16.9. The molecule has 4 aromatic rings. The smallest absolute Gasteiger partial charge is 0.229 e. The van der Waals surface area contributed by atoms with Crippen LogP contribution in [-0.4, -0.2) is 44.0 Å². The van der Waals surface area contributed by atoms with Crippen molar-refractivity contribution in [1.29, 1.82) is 0 Å². The summed E-state index contributed by atoms with van der Waals surface area (Å²) in [7, 11) is 3.34. The molecule has 0 spiro atoms. The average molecular weight is 462 g/mol. The van der Waals surface area contributed by atoms with Crippen LogP contribution in [0.1, 0.15) is 41.1 Å². The van der Waals surface area contributed by atoms with Gasteiger partial charge in [0.05, 0.1) is 18.9 Å². The molecule has 0 fully saturated rings. The minimum absolute atomic E-state index is 0.172. The van der Waals surface area contributed by atoms with Gasteiger partial charge >= 0.3 is 0 Å². The molecule has 1 aliphatic carbocycles. The van der Waals surface area contributed by atoms with E-state index in [0.29, 0.717) is 41.0 Å². The molecule has 0 saturated heterocycles. The van der Waals surface area contributed by atoms with Gasteiger partial charge in [-0.15, -0.1) is 0 Å². The minimum atomic E-state index is -0.716. The van der Waals surface area contributed by atoms with Gasteiger partial charge in [-0.25, -0.2) is 19.0 Å². The van der Waals surface area contributed by atoms with Crippen molar-refractivity contribution in [2.75, 3.05) is 24.8 Å². The lowest BCUT2D eigenvalue weighted by molar-refractivity contribution is 0.176. The summed E-state index contributed by atoms with van der Waals surface area (Å²) in [6.45, 7) is 1.82. The third-order valence-corrected chi connectivity index (χ3v) is 5.90. The number of methoxy groups -OCH3 is 1. The van der Waals surface area contributed by atoms with Crippen LogP contribution in [0.15, 0.2) is 48.8 Å². The highest BCUT2D eigenvalue weighted by molar-refractivity contribution is 5.64. The van der Waals surface area contributed by atoms with Crippen LogP contribution in [0, 0.1) is 12.7 Å². The van der Waals surface area contributed by atoms with Crippen LogP contribution in [0.3, 0.4) is 0 Å². The lowest BCUT2D eigenvalue weighted by atomic mass is 9.96. The predicted octanol–water partition coefficient (Wildman–Crippen LogP) is 3.87. The number of nitrogens with zero attached hydrogens (tertiary/aromatic N) is 5. The van der Waals surface area contributed by atoms with Crippen molar-refractivity contribution in [3.8, 4) is 11.4 Å². The molecule has 34 heavy (non-hydrogen) atoms. The Morgan fingerprint density at radius 2 is 1.94 bits per heavy atom. The van der Waals surface area contributed by atoms with E-state index in [2.05, 4.69) is 25.7 Å². The number of halogens is 1. The lowest BCUT2D eigenvalue weighted by Gasteiger charge is -2.15. The van der Waals surface area contributed by atoms with E-state index >= 15 is 0 Å². The van der Waals surface area contributed by atoms with Crippen molar-refractivity contribution in [2.45, 2.75) is 25.4 Å². The molecule has 0 unspecified atom stereocenters. The Hall–Kier alpha value is -4.05. The Morgan fingerprint density at radius 1 is 1.15 bits per heavy atom. The van der Waals surface area contributed by atoms with Gasteiger partial charge in [0.2, 0.25) is 5.95 Å². The van der Waals surface area contributed by atoms with Crippen molar-refractivity contribution in [1.82, 2.24) is 24.7 Å². The largest absolute Gasteiger partial charge is 0.494 e. The van der Waals surface area contributed by atoms with Gasteiger partial charge in [-0.2, -0.15) is 10.1 Å². The van der Waals surface area contributed by atoms with Crippen LogP contribution in [0.25, 0.3) is 5.69 Å². The number of fused-ring (bicyclic) bond motifs is 1. The summed E-state index contributed by atoms with van der Waals surface area (Å²) in [5, 5.41) is 21.4. The molecule has 1 aliphatic rings. The molecular formula is C24H24FN7O2. The van der Waals surface area contributed by atoms with Crippen LogP contribution in [0.5, 0.6) is 5.75 Å². The maximum Gasteiger partial charge on any atom is 0.229 e. The Morgan fingerprint density at radius 3 is 2.62 bits per heavy atom. The number of rotatable bonds is 6. The number of anilines is 3. The SMILES string of the molecule is CNc1nc(Nc2ccc(-n3cnc(C)n3)c(OC)c2)nc2c1[C@H](O)C[C@H]2c1ccc(F)cc1. The second-order valence-corrected chi connectivity index (χ2v) is 8.05. The maximum atomic E-state index is 13.5. The summed E-state index contributed by atoms with van der Waals surface area (Å²) in [5.74, 6) is 1.70. The van der Waals surface area contributed by atoms with Crippen LogP contribution in [0.4, 0.5) is 21.8 Å². The van der Waals surface area contributed by atoms with Crippen LogP contribution >= 0.6 is 0 Å². The van der Waals surface area contributed by atoms with Gasteiger partial charge in [-0.3, -0.25) is 0 Å². The summed E-state index contributed by atoms with van der Waals surface area (Å²) in [4.78, 5) is 13.5. The molecule has 2 aromatic carbocycles. The molecule has 2 aromatic heterocycles. The van der Waals surface area contributed by atoms with Crippen molar-refractivity contribution in [3.63, 3.8) is 0 Å². The van der Waals surface area contributed by atoms with E-state index < -0.39 is 6.10 Å². The van der Waals surface area contributed by atoms with E-state index in [1.54, 1.807) is 37.3 Å². The van der Waals surface area contributed by atoms with Gasteiger partial charge in [-0.1, -0.05) is 12.1 Å². The van der Waals surface area contributed by atoms with Gasteiger partial charge in [-0.05, 0) is 43.2 Å². The van der Waals surface area contributed by atoms with Crippen molar-refractivity contribution in [3.05, 3.63) is 77.3 Å². The molecule has 0 saturated carbocycles. The van der Waals surface area contributed by atoms with Gasteiger partial charge in [0.15, 0.2) is 0 Å². The topological polar surface area (TPSA) is 110 Å². The Balaban J connectivity index is 1.50. The van der Waals surface area contributed by atoms with Crippen molar-refractivity contribution < 1.29 is 14.2 Å². The standard InChI is InChI=1S/C24H24FN7O2/c1-13-27-12-32(31-13)18-9-8-16(10-20(18)34-3)28-24-29-22-17(14-4-6-15(25)7-5-14)11-19(33)21(22)23(26-2)30-24/h4-10,12,17,19,33H,11H2,1-3H3,(H2,26,28,29,30)/t17-,19+/m0/s1. The molecule has 174 valence electrons. The summed E-state index contributed by atoms with van der Waals surface area (Å²) in [6.07, 6.45) is 1.37. The molecule has 5 rings (SSSR count). The first-order chi connectivity index (χ1) is 16.5. The summed E-state index contributed by atoms with van der Waals surface area (Å²) < 4.78 is 20.7. The van der Waals surface area contributed by atoms with E-state index in [1.165, 1.54) is 12.1 Å². The first-order valence-corrected chi connectivity index (χ1v) is 10.8. The second kappa shape index (κ2) is 8.71. The summed E-state index contributed by atoms with van der Waals surface area (Å²) >= 11 is 0. The zero-order chi connectivity index (χ0) is 23.8. The fourth-order valence-electron chi connectivity index (χ4n) is 4.30. The van der Waals surface area contributed by atoms with Gasteiger partial charge < -0.3 is 20.5 Å². The van der Waals surface area contributed by atoms with Gasteiger partial charge in [0, 0.05) is 30.3 Å². The highest BCUT2D eigenvalue weighted by Crippen LogP contribution is 2.46. The highest BCUT2D eigenvalue weighted by atomic mass is 19.1. The Labute approximate surface area is 195 Å². The van der Waals surface area contributed by atoms with Gasteiger partial charge in [0.1, 0.15) is 35.2 Å². The zero-order valence-electron chi connectivity index (χ0n) is 19.0. The summed E-state index contributed by atoms with van der Waals surface area (Å²) in [6, 6.07) is 11.9. The number of aliphatic hydroxyl groups excluding tert-OH is 1. The zero-order valence-corrected chi connectivity index (χ0v) is 19.0. The first kappa shape index (κ1) is 21.8. The third kappa shape index (κ3) is 3.92. The number of aliphatic hydroxyl groups is 1. The number of aromatic nitrogens is 5. The Kier molecular flexibility index (Phi) is 5.58. The number of hydrogen-bond donors (Lipinski definition) is 3. The fourth-order valence-corrected chi connectivity index (χ4v) is 4.30. The quantitative estimate of drug-likeness (QED) is 0.397. The monoisotopic (exact) mass is 461 g/mol. The first-order valence-electron chi connectivity index (χ1n) is 10.8. The fraction of sp³-hybridized carbons (Fsp3) is 0.250. The number of nitrogens with one attached hydrogen (secondary N) is 2. The van der Waals surface area contributed by atoms with E-state index in [-0.39, 0.29) is 11.7 Å². The molecule has 0 radical (unpaired) electrons. The Bertz CT molecular complexity index is 1340. The van der Waals surface area contributed by atoms with Gasteiger partial charge in [0.25, 0.3) is 0 Å². The van der Waals surface area contributed by atoms with Crippen molar-refractivity contribution in [2.24, 2.45) is 0 Å². The summed E-state index contributed by atoms with van der Waals surface area (Å²) in [5.41, 5.74) is 3.73.